The van der Waals surface area contributed by atoms with E-state index in [1.54, 1.807) is 4.31 Å². The Morgan fingerprint density at radius 1 is 1.39 bits per heavy atom. The largest absolute Gasteiger partial charge is 0.311 e. The van der Waals surface area contributed by atoms with Crippen LogP contribution >= 0.6 is 0 Å². The molecule has 2 atom stereocenters. The first-order valence-corrected chi connectivity index (χ1v) is 8.70. The maximum Gasteiger partial charge on any atom is 0.214 e. The molecule has 1 rings (SSSR count). The second-order valence-corrected chi connectivity index (χ2v) is 7.87. The lowest BCUT2D eigenvalue weighted by Gasteiger charge is -2.39. The number of unbranched alkanes of at least 4 members (excludes halogenated alkanes) is 1. The summed E-state index contributed by atoms with van der Waals surface area (Å²) in [7, 11) is -3.08. The molecule has 0 bridgehead atoms. The number of hydrogen-bond acceptors (Lipinski definition) is 3. The molecule has 18 heavy (non-hydrogen) atoms. The molecule has 1 heterocycles. The maximum absolute atomic E-state index is 12.4. The van der Waals surface area contributed by atoms with Crippen molar-refractivity contribution in [3.05, 3.63) is 0 Å². The number of hydrogen-bond donors (Lipinski definition) is 1. The normalized spacial score (nSPS) is 26.7. The van der Waals surface area contributed by atoms with Crippen LogP contribution in [-0.4, -0.2) is 43.6 Å². The maximum atomic E-state index is 12.4. The van der Waals surface area contributed by atoms with Crippen LogP contribution in [0.2, 0.25) is 0 Å². The van der Waals surface area contributed by atoms with Gasteiger partial charge in [-0.25, -0.2) is 8.42 Å². The molecule has 0 aromatic heterocycles. The number of nitrogens with one attached hydrogen (secondary N) is 1. The van der Waals surface area contributed by atoms with E-state index >= 15 is 0 Å². The molecule has 1 aliphatic heterocycles. The fourth-order valence-corrected chi connectivity index (χ4v) is 4.41. The summed E-state index contributed by atoms with van der Waals surface area (Å²) >= 11 is 0. The van der Waals surface area contributed by atoms with Gasteiger partial charge in [0.05, 0.1) is 5.75 Å². The van der Waals surface area contributed by atoms with Crippen molar-refractivity contribution in [3.8, 4) is 0 Å². The lowest BCUT2D eigenvalue weighted by molar-refractivity contribution is 0.207. The van der Waals surface area contributed by atoms with Crippen molar-refractivity contribution in [3.63, 3.8) is 0 Å². The molecule has 0 amide bonds. The summed E-state index contributed by atoms with van der Waals surface area (Å²) in [4.78, 5) is 0. The molecule has 5 heteroatoms. The van der Waals surface area contributed by atoms with Gasteiger partial charge in [-0.15, -0.1) is 0 Å². The van der Waals surface area contributed by atoms with E-state index < -0.39 is 10.0 Å². The van der Waals surface area contributed by atoms with Gasteiger partial charge in [-0.2, -0.15) is 4.31 Å². The Balaban J connectivity index is 2.77. The summed E-state index contributed by atoms with van der Waals surface area (Å²) in [6.07, 6.45) is 2.62. The van der Waals surface area contributed by atoms with E-state index in [1.165, 1.54) is 0 Å². The number of piperazine rings is 1. The molecular weight excluding hydrogens is 248 g/mol. The molecule has 1 fully saturated rings. The lowest BCUT2D eigenvalue weighted by atomic mass is 10.0. The first kappa shape index (κ1) is 15.9. The van der Waals surface area contributed by atoms with Crippen molar-refractivity contribution < 1.29 is 8.42 Å². The summed E-state index contributed by atoms with van der Waals surface area (Å²) in [6, 6.07) is 0.382. The van der Waals surface area contributed by atoms with E-state index in [1.807, 2.05) is 13.8 Å². The highest BCUT2D eigenvalue weighted by Gasteiger charge is 2.34. The fourth-order valence-electron chi connectivity index (χ4n) is 2.45. The van der Waals surface area contributed by atoms with E-state index in [9.17, 15) is 8.42 Å². The van der Waals surface area contributed by atoms with Crippen molar-refractivity contribution >= 4 is 10.0 Å². The van der Waals surface area contributed by atoms with Gasteiger partial charge in [-0.05, 0) is 25.7 Å². The molecule has 0 aliphatic carbocycles. The van der Waals surface area contributed by atoms with Crippen LogP contribution in [0.4, 0.5) is 0 Å². The van der Waals surface area contributed by atoms with Crippen LogP contribution in [0, 0.1) is 5.92 Å². The average molecular weight is 276 g/mol. The Morgan fingerprint density at radius 2 is 2.06 bits per heavy atom. The molecule has 0 spiro atoms. The van der Waals surface area contributed by atoms with E-state index in [-0.39, 0.29) is 12.1 Å². The van der Waals surface area contributed by atoms with Crippen molar-refractivity contribution in [1.82, 2.24) is 9.62 Å². The van der Waals surface area contributed by atoms with Gasteiger partial charge in [0.2, 0.25) is 10.0 Å². The molecule has 0 radical (unpaired) electrons. The Hall–Kier alpha value is -0.130. The summed E-state index contributed by atoms with van der Waals surface area (Å²) in [5.41, 5.74) is 0. The van der Waals surface area contributed by atoms with Gasteiger partial charge >= 0.3 is 0 Å². The minimum absolute atomic E-state index is 0.128. The Bertz CT molecular complexity index is 341. The van der Waals surface area contributed by atoms with Crippen LogP contribution in [-0.2, 0) is 10.0 Å². The Labute approximate surface area is 112 Å². The molecular formula is C13H28N2O2S. The molecule has 108 valence electrons. The van der Waals surface area contributed by atoms with Crippen molar-refractivity contribution in [2.24, 2.45) is 5.92 Å². The van der Waals surface area contributed by atoms with E-state index in [2.05, 4.69) is 19.2 Å². The first-order chi connectivity index (χ1) is 8.36. The van der Waals surface area contributed by atoms with Crippen LogP contribution in [0.1, 0.15) is 47.0 Å². The Kier molecular flexibility index (Phi) is 6.08. The third-order valence-electron chi connectivity index (χ3n) is 3.42. The van der Waals surface area contributed by atoms with Crippen LogP contribution in [0.5, 0.6) is 0 Å². The van der Waals surface area contributed by atoms with Gasteiger partial charge in [0.15, 0.2) is 0 Å². The molecule has 2 unspecified atom stereocenters. The van der Waals surface area contributed by atoms with Crippen LogP contribution in [0.15, 0.2) is 0 Å². The Morgan fingerprint density at radius 3 is 2.61 bits per heavy atom. The SMILES string of the molecule is CCCCS(=O)(=O)N1CC(C)NCC1CC(C)C. The summed E-state index contributed by atoms with van der Waals surface area (Å²) in [6.45, 7) is 9.77. The van der Waals surface area contributed by atoms with Crippen molar-refractivity contribution in [2.75, 3.05) is 18.8 Å². The van der Waals surface area contributed by atoms with Gasteiger partial charge in [-0.1, -0.05) is 27.2 Å². The predicted octanol–water partition coefficient (Wildman–Crippen LogP) is 1.82. The lowest BCUT2D eigenvalue weighted by Crippen LogP contribution is -2.58. The number of rotatable bonds is 6. The summed E-state index contributed by atoms with van der Waals surface area (Å²) in [5, 5.41) is 3.39. The predicted molar refractivity (Wildman–Crippen MR) is 76.1 cm³/mol. The van der Waals surface area contributed by atoms with Gasteiger partial charge in [0.1, 0.15) is 0 Å². The highest BCUT2D eigenvalue weighted by molar-refractivity contribution is 7.89. The molecule has 0 aromatic rings. The molecule has 1 N–H and O–H groups in total. The molecule has 0 saturated carbocycles. The monoisotopic (exact) mass is 276 g/mol. The van der Waals surface area contributed by atoms with Crippen molar-refractivity contribution in [2.45, 2.75) is 59.0 Å². The third-order valence-corrected chi connectivity index (χ3v) is 5.39. The van der Waals surface area contributed by atoms with Crippen molar-refractivity contribution in [1.29, 1.82) is 0 Å². The van der Waals surface area contributed by atoms with Gasteiger partial charge < -0.3 is 5.32 Å². The fraction of sp³-hybridized carbons (Fsp3) is 1.00. The van der Waals surface area contributed by atoms with E-state index in [4.69, 9.17) is 0 Å². The number of sulfonamides is 1. The highest BCUT2D eigenvalue weighted by Crippen LogP contribution is 2.20. The first-order valence-electron chi connectivity index (χ1n) is 7.09. The second-order valence-electron chi connectivity index (χ2n) is 5.83. The minimum Gasteiger partial charge on any atom is -0.311 e. The average Bonchev–Trinajstić information content (AvgIpc) is 2.28. The van der Waals surface area contributed by atoms with Crippen LogP contribution < -0.4 is 5.32 Å². The summed E-state index contributed by atoms with van der Waals surface area (Å²) < 4.78 is 26.5. The topological polar surface area (TPSA) is 49.4 Å². The zero-order valence-electron chi connectivity index (χ0n) is 12.1. The second kappa shape index (κ2) is 6.87. The summed E-state index contributed by atoms with van der Waals surface area (Å²) in [5.74, 6) is 0.819. The zero-order chi connectivity index (χ0) is 13.8. The van der Waals surface area contributed by atoms with E-state index in [0.29, 0.717) is 18.2 Å². The standard InChI is InChI=1S/C13H28N2O2S/c1-5-6-7-18(16,17)15-10-12(4)14-9-13(15)8-11(2)3/h11-14H,5-10H2,1-4H3. The van der Waals surface area contributed by atoms with Crippen LogP contribution in [0.3, 0.4) is 0 Å². The molecule has 4 nitrogen and oxygen atoms in total. The zero-order valence-corrected chi connectivity index (χ0v) is 13.0. The minimum atomic E-state index is -3.08. The van der Waals surface area contributed by atoms with Gasteiger partial charge in [0.25, 0.3) is 0 Å². The molecule has 1 aliphatic rings. The van der Waals surface area contributed by atoms with Gasteiger partial charge in [-0.3, -0.25) is 0 Å². The molecule has 1 saturated heterocycles. The third kappa shape index (κ3) is 4.52. The number of nitrogens with zero attached hydrogens (tertiary/aromatic N) is 1. The quantitative estimate of drug-likeness (QED) is 0.805. The molecule has 0 aromatic carbocycles. The highest BCUT2D eigenvalue weighted by atomic mass is 32.2. The smallest absolute Gasteiger partial charge is 0.214 e. The van der Waals surface area contributed by atoms with Crippen LogP contribution in [0.25, 0.3) is 0 Å². The van der Waals surface area contributed by atoms with Gasteiger partial charge in [0, 0.05) is 25.2 Å². The van der Waals surface area contributed by atoms with E-state index in [0.717, 1.165) is 25.8 Å².